The smallest absolute Gasteiger partial charge is 1.00 e. The van der Waals surface area contributed by atoms with Crippen molar-refractivity contribution in [1.82, 2.24) is 5.09 Å². The molecule has 0 fully saturated rings. The molecule has 3 nitrogen and oxygen atoms in total. The van der Waals surface area contributed by atoms with Gasteiger partial charge in [-0.2, -0.15) is 0 Å². The van der Waals surface area contributed by atoms with E-state index in [0.717, 1.165) is 0 Å². The minimum Gasteiger partial charge on any atom is -1.00 e. The molecule has 98 valence electrons. The first-order chi connectivity index (χ1) is 7.86. The van der Waals surface area contributed by atoms with Gasteiger partial charge in [-0.05, 0) is 43.9 Å². The normalized spacial score (nSPS) is 13.9. The standard InChI is InChI=1S/C10H14Cl2NO2PS.Na.H/c1-7(2)13-16(17,14-3)15-10-5-4-8(11)6-9(10)12;;/h4-7H,1-3H3,(H,13,17);;/q;+1;-1. The monoisotopic (exact) mass is 337 g/mol. The Morgan fingerprint density at radius 1 is 1.39 bits per heavy atom. The van der Waals surface area contributed by atoms with Crippen molar-refractivity contribution in [3.63, 3.8) is 0 Å². The van der Waals surface area contributed by atoms with Gasteiger partial charge in [0, 0.05) is 18.2 Å². The van der Waals surface area contributed by atoms with E-state index in [9.17, 15) is 0 Å². The van der Waals surface area contributed by atoms with Crippen LogP contribution in [0, 0.1) is 0 Å². The molecule has 0 aliphatic carbocycles. The van der Waals surface area contributed by atoms with Crippen LogP contribution >= 0.6 is 29.8 Å². The van der Waals surface area contributed by atoms with Gasteiger partial charge in [0.2, 0.25) is 0 Å². The van der Waals surface area contributed by atoms with Crippen LogP contribution in [0.25, 0.3) is 0 Å². The molecule has 0 aromatic heterocycles. The molecule has 1 atom stereocenters. The van der Waals surface area contributed by atoms with Crippen molar-refractivity contribution in [2.75, 3.05) is 7.11 Å². The van der Waals surface area contributed by atoms with Crippen LogP contribution in [0.3, 0.4) is 0 Å². The van der Waals surface area contributed by atoms with Crippen LogP contribution in [0.15, 0.2) is 18.2 Å². The zero-order valence-electron chi connectivity index (χ0n) is 11.7. The van der Waals surface area contributed by atoms with Crippen molar-refractivity contribution in [1.29, 1.82) is 0 Å². The molecule has 0 aliphatic heterocycles. The number of hydrogen-bond donors (Lipinski definition) is 1. The van der Waals surface area contributed by atoms with Crippen LogP contribution < -0.4 is 39.2 Å². The van der Waals surface area contributed by atoms with Gasteiger partial charge in [-0.15, -0.1) is 0 Å². The maximum atomic E-state index is 6.01. The van der Waals surface area contributed by atoms with Gasteiger partial charge < -0.3 is 10.5 Å². The Labute approximate surface area is 147 Å². The molecule has 0 amide bonds. The molecule has 0 saturated heterocycles. The number of halogens is 2. The molecule has 1 unspecified atom stereocenters. The molecular formula is C10H15Cl2NNaO2PS. The van der Waals surface area contributed by atoms with Crippen LogP contribution in [0.5, 0.6) is 5.75 Å². The fraction of sp³-hybridized carbons (Fsp3) is 0.400. The number of rotatable bonds is 5. The Balaban J connectivity index is 0. The maximum absolute atomic E-state index is 6.01. The van der Waals surface area contributed by atoms with Crippen LogP contribution in [-0.2, 0) is 16.3 Å². The van der Waals surface area contributed by atoms with E-state index in [1.165, 1.54) is 7.11 Å². The van der Waals surface area contributed by atoms with Gasteiger partial charge >= 0.3 is 36.2 Å². The van der Waals surface area contributed by atoms with E-state index in [1.807, 2.05) is 13.8 Å². The Bertz CT molecular complexity index is 454. The average Bonchev–Trinajstić information content (AvgIpc) is 2.21. The summed E-state index contributed by atoms with van der Waals surface area (Å²) in [7, 11) is 1.51. The van der Waals surface area contributed by atoms with Crippen molar-refractivity contribution in [3.05, 3.63) is 28.2 Å². The molecule has 0 bridgehead atoms. The fourth-order valence-corrected chi connectivity index (χ4v) is 3.77. The predicted octanol–water partition coefficient (Wildman–Crippen LogP) is 1.36. The summed E-state index contributed by atoms with van der Waals surface area (Å²) >= 11 is 17.1. The topological polar surface area (TPSA) is 30.5 Å². The SMILES string of the molecule is COP(=S)(NC(C)C)Oc1ccc(Cl)cc1Cl.[H-].[Na+]. The Morgan fingerprint density at radius 2 is 2.00 bits per heavy atom. The van der Waals surface area contributed by atoms with Gasteiger partial charge in [0.1, 0.15) is 5.75 Å². The molecule has 0 heterocycles. The Morgan fingerprint density at radius 3 is 2.44 bits per heavy atom. The third kappa shape index (κ3) is 6.08. The molecular weight excluding hydrogens is 323 g/mol. The molecule has 8 heteroatoms. The first-order valence-electron chi connectivity index (χ1n) is 4.94. The number of hydrogen-bond acceptors (Lipinski definition) is 3. The molecule has 0 saturated carbocycles. The fourth-order valence-electron chi connectivity index (χ4n) is 1.11. The van der Waals surface area contributed by atoms with Crippen molar-refractivity contribution in [3.8, 4) is 5.75 Å². The number of nitrogens with one attached hydrogen (secondary N) is 1. The van der Waals surface area contributed by atoms with Crippen molar-refractivity contribution in [2.24, 2.45) is 0 Å². The quantitative estimate of drug-likeness (QED) is 0.649. The van der Waals surface area contributed by atoms with Gasteiger partial charge in [0.25, 0.3) is 0 Å². The molecule has 0 radical (unpaired) electrons. The van der Waals surface area contributed by atoms with Crippen molar-refractivity contribution < 1.29 is 40.0 Å². The largest absolute Gasteiger partial charge is 1.00 e. The second kappa shape index (κ2) is 8.46. The van der Waals surface area contributed by atoms with Gasteiger partial charge in [-0.25, -0.2) is 5.09 Å². The summed E-state index contributed by atoms with van der Waals surface area (Å²) in [5, 5.41) is 4.04. The zero-order valence-corrected chi connectivity index (χ0v) is 16.0. The predicted molar refractivity (Wildman–Crippen MR) is 77.8 cm³/mol. The van der Waals surface area contributed by atoms with E-state index in [4.69, 9.17) is 44.1 Å². The first kappa shape index (κ1) is 19.2. The minimum absolute atomic E-state index is 0. The van der Waals surface area contributed by atoms with Crippen LogP contribution in [-0.4, -0.2) is 13.2 Å². The van der Waals surface area contributed by atoms with E-state index in [2.05, 4.69) is 5.09 Å². The van der Waals surface area contributed by atoms with E-state index in [0.29, 0.717) is 15.8 Å². The summed E-state index contributed by atoms with van der Waals surface area (Å²) < 4.78 is 10.9. The summed E-state index contributed by atoms with van der Waals surface area (Å²) in [6.45, 7) is 1.37. The Kier molecular flexibility index (Phi) is 9.00. The van der Waals surface area contributed by atoms with Gasteiger partial charge in [0.05, 0.1) is 5.02 Å². The summed E-state index contributed by atoms with van der Waals surface area (Å²) in [4.78, 5) is 0. The summed E-state index contributed by atoms with van der Waals surface area (Å²) in [6, 6.07) is 5.12. The van der Waals surface area contributed by atoms with Crippen molar-refractivity contribution in [2.45, 2.75) is 19.9 Å². The van der Waals surface area contributed by atoms with Crippen LogP contribution in [0.2, 0.25) is 10.0 Å². The van der Waals surface area contributed by atoms with Crippen LogP contribution in [0.4, 0.5) is 0 Å². The molecule has 18 heavy (non-hydrogen) atoms. The van der Waals surface area contributed by atoms with E-state index >= 15 is 0 Å². The second-order valence-corrected chi connectivity index (χ2v) is 7.72. The minimum atomic E-state index is -2.56. The van der Waals surface area contributed by atoms with Crippen molar-refractivity contribution >= 4 is 41.7 Å². The molecule has 1 aromatic carbocycles. The zero-order chi connectivity index (χ0) is 13.1. The third-order valence-electron chi connectivity index (χ3n) is 1.77. The van der Waals surface area contributed by atoms with E-state index in [-0.39, 0.29) is 37.0 Å². The molecule has 0 spiro atoms. The molecule has 1 aromatic rings. The van der Waals surface area contributed by atoms with Gasteiger partial charge in [-0.1, -0.05) is 23.2 Å². The Hall–Kier alpha value is 1.17. The summed E-state index contributed by atoms with van der Waals surface area (Å²) in [6.07, 6.45) is 0. The molecule has 1 rings (SSSR count). The van der Waals surface area contributed by atoms with Gasteiger partial charge in [0.15, 0.2) is 0 Å². The summed E-state index contributed by atoms with van der Waals surface area (Å²) in [5.41, 5.74) is 0. The van der Waals surface area contributed by atoms with Gasteiger partial charge in [-0.3, -0.25) is 0 Å². The van der Waals surface area contributed by atoms with Crippen LogP contribution in [0.1, 0.15) is 15.3 Å². The first-order valence-corrected chi connectivity index (χ1v) is 8.34. The van der Waals surface area contributed by atoms with E-state index < -0.39 is 6.64 Å². The average molecular weight is 338 g/mol. The third-order valence-corrected chi connectivity index (χ3v) is 5.04. The second-order valence-electron chi connectivity index (χ2n) is 3.63. The molecule has 1 N–H and O–H groups in total. The maximum Gasteiger partial charge on any atom is 1.00 e. The number of benzene rings is 1. The van der Waals surface area contributed by atoms with E-state index in [1.54, 1.807) is 18.2 Å². The molecule has 0 aliphatic rings. The summed E-state index contributed by atoms with van der Waals surface area (Å²) in [5.74, 6) is 0.467.